The first kappa shape index (κ1) is 8.67. The van der Waals surface area contributed by atoms with Gasteiger partial charge in [-0.15, -0.1) is 0 Å². The van der Waals surface area contributed by atoms with E-state index in [2.05, 4.69) is 12.1 Å². The molecule has 1 saturated carbocycles. The smallest absolute Gasteiger partial charge is 0.135 e. The number of rotatable bonds is 0. The van der Waals surface area contributed by atoms with Crippen LogP contribution >= 0.6 is 0 Å². The fourth-order valence-corrected chi connectivity index (χ4v) is 3.11. The Bertz CT molecular complexity index is 486. The average molecular weight is 197 g/mol. The second-order valence-corrected chi connectivity index (χ2v) is 4.60. The molecule has 2 heteroatoms. The Balaban J connectivity index is 2.25. The van der Waals surface area contributed by atoms with Crippen LogP contribution in [0, 0.1) is 11.3 Å². The summed E-state index contributed by atoms with van der Waals surface area (Å²) >= 11 is 0. The second-order valence-electron chi connectivity index (χ2n) is 4.60. The van der Waals surface area contributed by atoms with Crippen molar-refractivity contribution in [3.8, 4) is 6.07 Å². The minimum absolute atomic E-state index is 0.240. The van der Waals surface area contributed by atoms with E-state index in [9.17, 15) is 10.1 Å². The maximum atomic E-state index is 11.6. The number of carbonyl (C=O) groups excluding carboxylic acids is 1. The zero-order valence-electron chi connectivity index (χ0n) is 8.36. The molecule has 0 aromatic heterocycles. The summed E-state index contributed by atoms with van der Waals surface area (Å²) in [5.41, 5.74) is 1.82. The van der Waals surface area contributed by atoms with E-state index in [0.717, 1.165) is 12.0 Å². The SMILES string of the molecule is N#CC12CC(=O)C[C@H](C1)c1ccccc12. The summed E-state index contributed by atoms with van der Waals surface area (Å²) in [5.74, 6) is 0.533. The molecule has 74 valence electrons. The minimum atomic E-state index is -0.503. The highest BCUT2D eigenvalue weighted by molar-refractivity contribution is 5.84. The van der Waals surface area contributed by atoms with Gasteiger partial charge in [-0.25, -0.2) is 0 Å². The normalized spacial score (nSPS) is 32.2. The molecule has 0 aliphatic heterocycles. The molecule has 3 rings (SSSR count). The molecule has 0 heterocycles. The van der Waals surface area contributed by atoms with Crippen LogP contribution in [0.5, 0.6) is 0 Å². The van der Waals surface area contributed by atoms with E-state index in [4.69, 9.17) is 0 Å². The molecule has 1 unspecified atom stereocenters. The third kappa shape index (κ3) is 1.01. The van der Waals surface area contributed by atoms with E-state index in [-0.39, 0.29) is 5.78 Å². The molecule has 0 spiro atoms. The first-order valence-corrected chi connectivity index (χ1v) is 5.27. The van der Waals surface area contributed by atoms with Gasteiger partial charge in [0.25, 0.3) is 0 Å². The molecule has 2 atom stereocenters. The van der Waals surface area contributed by atoms with Crippen molar-refractivity contribution in [1.29, 1.82) is 5.26 Å². The van der Waals surface area contributed by atoms with Crippen LogP contribution in [0.4, 0.5) is 0 Å². The van der Waals surface area contributed by atoms with Crippen molar-refractivity contribution < 1.29 is 4.79 Å². The number of carbonyl (C=O) groups is 1. The monoisotopic (exact) mass is 197 g/mol. The lowest BCUT2D eigenvalue weighted by atomic mass is 9.74. The first-order chi connectivity index (χ1) is 7.25. The van der Waals surface area contributed by atoms with Gasteiger partial charge < -0.3 is 0 Å². The summed E-state index contributed by atoms with van der Waals surface area (Å²) in [6.45, 7) is 0. The Kier molecular flexibility index (Phi) is 1.56. The molecule has 15 heavy (non-hydrogen) atoms. The Morgan fingerprint density at radius 2 is 2.20 bits per heavy atom. The molecule has 0 radical (unpaired) electrons. The van der Waals surface area contributed by atoms with Gasteiger partial charge in [0.15, 0.2) is 0 Å². The minimum Gasteiger partial charge on any atom is -0.300 e. The van der Waals surface area contributed by atoms with Gasteiger partial charge in [-0.3, -0.25) is 4.79 Å². The van der Waals surface area contributed by atoms with Gasteiger partial charge in [0.05, 0.1) is 11.5 Å². The highest BCUT2D eigenvalue weighted by atomic mass is 16.1. The predicted molar refractivity (Wildman–Crippen MR) is 55.3 cm³/mol. The molecule has 1 aromatic carbocycles. The highest BCUT2D eigenvalue weighted by Crippen LogP contribution is 2.52. The molecule has 0 amide bonds. The van der Waals surface area contributed by atoms with Crippen LogP contribution in [-0.2, 0) is 10.2 Å². The second kappa shape index (κ2) is 2.70. The van der Waals surface area contributed by atoms with Crippen LogP contribution in [0.3, 0.4) is 0 Å². The van der Waals surface area contributed by atoms with Crippen molar-refractivity contribution in [2.75, 3.05) is 0 Å². The molecular weight excluding hydrogens is 186 g/mol. The van der Waals surface area contributed by atoms with E-state index >= 15 is 0 Å². The summed E-state index contributed by atoms with van der Waals surface area (Å²) in [6, 6.07) is 10.4. The number of hydrogen-bond donors (Lipinski definition) is 0. The number of nitriles is 1. The third-order valence-electron chi connectivity index (χ3n) is 3.70. The van der Waals surface area contributed by atoms with E-state index in [1.165, 1.54) is 5.56 Å². The maximum Gasteiger partial charge on any atom is 0.135 e. The zero-order chi connectivity index (χ0) is 10.5. The number of benzene rings is 1. The highest BCUT2D eigenvalue weighted by Gasteiger charge is 2.49. The van der Waals surface area contributed by atoms with Crippen molar-refractivity contribution in [1.82, 2.24) is 0 Å². The van der Waals surface area contributed by atoms with E-state index in [1.807, 2.05) is 18.2 Å². The van der Waals surface area contributed by atoms with Crippen molar-refractivity contribution in [3.05, 3.63) is 35.4 Å². The van der Waals surface area contributed by atoms with Crippen LogP contribution < -0.4 is 0 Å². The Hall–Kier alpha value is -1.62. The molecule has 0 N–H and O–H groups in total. The number of ketones is 1. The fourth-order valence-electron chi connectivity index (χ4n) is 3.11. The molecular formula is C13H11NO. The average Bonchev–Trinajstić information content (AvgIpc) is 2.50. The van der Waals surface area contributed by atoms with E-state index in [1.54, 1.807) is 0 Å². The molecule has 2 bridgehead atoms. The fraction of sp³-hybridized carbons (Fsp3) is 0.385. The van der Waals surface area contributed by atoms with Crippen LogP contribution in [0.25, 0.3) is 0 Å². The summed E-state index contributed by atoms with van der Waals surface area (Å²) < 4.78 is 0. The molecule has 2 aliphatic carbocycles. The van der Waals surface area contributed by atoms with E-state index < -0.39 is 5.41 Å². The Labute approximate surface area is 88.5 Å². The lowest BCUT2D eigenvalue weighted by Gasteiger charge is -2.25. The predicted octanol–water partition coefficient (Wildman–Crippen LogP) is 2.30. The van der Waals surface area contributed by atoms with Gasteiger partial charge in [-0.1, -0.05) is 24.3 Å². The first-order valence-electron chi connectivity index (χ1n) is 5.27. The van der Waals surface area contributed by atoms with Crippen LogP contribution in [0.15, 0.2) is 24.3 Å². The maximum absolute atomic E-state index is 11.6. The van der Waals surface area contributed by atoms with Gasteiger partial charge in [0.1, 0.15) is 5.78 Å². The summed E-state index contributed by atoms with van der Waals surface area (Å²) in [5, 5.41) is 9.33. The largest absolute Gasteiger partial charge is 0.300 e. The molecule has 2 aliphatic rings. The molecule has 1 fully saturated rings. The lowest BCUT2D eigenvalue weighted by Crippen LogP contribution is -2.28. The van der Waals surface area contributed by atoms with Gasteiger partial charge in [-0.05, 0) is 23.5 Å². The summed E-state index contributed by atoms with van der Waals surface area (Å²) in [7, 11) is 0. The lowest BCUT2D eigenvalue weighted by molar-refractivity contribution is -0.121. The number of nitrogens with zero attached hydrogens (tertiary/aromatic N) is 1. The van der Waals surface area contributed by atoms with Crippen molar-refractivity contribution >= 4 is 5.78 Å². The summed E-state index contributed by atoms with van der Waals surface area (Å²) in [6.07, 6.45) is 1.88. The molecule has 0 saturated heterocycles. The molecule has 2 nitrogen and oxygen atoms in total. The van der Waals surface area contributed by atoms with Crippen LogP contribution in [0.2, 0.25) is 0 Å². The summed E-state index contributed by atoms with van der Waals surface area (Å²) in [4.78, 5) is 11.6. The van der Waals surface area contributed by atoms with Crippen LogP contribution in [0.1, 0.15) is 36.3 Å². The van der Waals surface area contributed by atoms with Crippen molar-refractivity contribution in [2.45, 2.75) is 30.6 Å². The van der Waals surface area contributed by atoms with E-state index in [0.29, 0.717) is 18.8 Å². The van der Waals surface area contributed by atoms with Crippen molar-refractivity contribution in [3.63, 3.8) is 0 Å². The van der Waals surface area contributed by atoms with Crippen LogP contribution in [-0.4, -0.2) is 5.78 Å². The Morgan fingerprint density at radius 3 is 3.00 bits per heavy atom. The third-order valence-corrected chi connectivity index (χ3v) is 3.70. The van der Waals surface area contributed by atoms with Gasteiger partial charge in [0, 0.05) is 12.8 Å². The van der Waals surface area contributed by atoms with Gasteiger partial charge in [-0.2, -0.15) is 5.26 Å². The zero-order valence-corrected chi connectivity index (χ0v) is 8.36. The number of hydrogen-bond acceptors (Lipinski definition) is 2. The number of Topliss-reactive ketones (excluding diaryl/α,β-unsaturated/α-hetero) is 1. The standard InChI is InChI=1S/C13H11NO/c14-8-13-6-9(5-10(15)7-13)11-3-1-2-4-12(11)13/h1-4,9H,5-7H2/t9-,13?/m1/s1. The Morgan fingerprint density at radius 1 is 1.40 bits per heavy atom. The van der Waals surface area contributed by atoms with Gasteiger partial charge >= 0.3 is 0 Å². The topological polar surface area (TPSA) is 40.9 Å². The number of fused-ring (bicyclic) bond motifs is 5. The van der Waals surface area contributed by atoms with Gasteiger partial charge in [0.2, 0.25) is 0 Å². The quantitative estimate of drug-likeness (QED) is 0.640. The molecule has 1 aromatic rings. The van der Waals surface area contributed by atoms with Crippen molar-refractivity contribution in [2.24, 2.45) is 0 Å².